The molecule has 2 heterocycles. The minimum atomic E-state index is 0.606. The van der Waals surface area contributed by atoms with E-state index in [4.69, 9.17) is 19.9 Å². The Balaban J connectivity index is 1.11. The number of aromatic nitrogens is 4. The monoisotopic (exact) mass is 713 g/mol. The molecule has 0 aliphatic rings. The van der Waals surface area contributed by atoms with Gasteiger partial charge in [-0.2, -0.15) is 5.26 Å². The van der Waals surface area contributed by atoms with Gasteiger partial charge in [0, 0.05) is 40.2 Å². The normalized spacial score (nSPS) is 11.2. The van der Waals surface area contributed by atoms with Crippen molar-refractivity contribution in [3.8, 4) is 73.6 Å². The molecule has 0 spiro atoms. The van der Waals surface area contributed by atoms with Crippen LogP contribution in [0.4, 0.5) is 0 Å². The summed E-state index contributed by atoms with van der Waals surface area (Å²) in [5, 5.41) is 16.6. The third-order valence-corrected chi connectivity index (χ3v) is 10.4. The van der Waals surface area contributed by atoms with E-state index >= 15 is 0 Å². The molecule has 0 unspecified atom stereocenters. The van der Waals surface area contributed by atoms with Crippen molar-refractivity contribution >= 4 is 32.3 Å². The molecule has 0 N–H and O–H groups in total. The maximum atomic E-state index is 9.67. The van der Waals surface area contributed by atoms with E-state index in [2.05, 4.69) is 91.0 Å². The molecule has 10 rings (SSSR count). The predicted molar refractivity (Wildman–Crippen MR) is 227 cm³/mol. The van der Waals surface area contributed by atoms with E-state index in [1.54, 1.807) is 0 Å². The number of nitrogens with zero attached hydrogens (tertiary/aromatic N) is 5. The largest absolute Gasteiger partial charge is 0.263 e. The van der Waals surface area contributed by atoms with E-state index in [1.807, 2.05) is 103 Å². The van der Waals surface area contributed by atoms with Gasteiger partial charge in [0.2, 0.25) is 0 Å². The van der Waals surface area contributed by atoms with Crippen LogP contribution in [-0.4, -0.2) is 19.9 Å². The Labute approximate surface area is 323 Å². The highest BCUT2D eigenvalue weighted by Gasteiger charge is 2.17. The fourth-order valence-corrected chi connectivity index (χ4v) is 7.71. The Hall–Kier alpha value is -7.81. The summed E-state index contributed by atoms with van der Waals surface area (Å²) in [7, 11) is 0. The third kappa shape index (κ3) is 5.92. The first-order valence-corrected chi connectivity index (χ1v) is 18.5. The van der Waals surface area contributed by atoms with Gasteiger partial charge in [0.1, 0.15) is 0 Å². The number of benzene rings is 8. The molecule has 0 aliphatic carbocycles. The van der Waals surface area contributed by atoms with E-state index in [0.29, 0.717) is 23.0 Å². The van der Waals surface area contributed by atoms with Gasteiger partial charge in [0.15, 0.2) is 17.5 Å². The van der Waals surface area contributed by atoms with Gasteiger partial charge in [0.05, 0.1) is 11.6 Å². The summed E-state index contributed by atoms with van der Waals surface area (Å²) in [5.74, 6) is 1.86. The first-order valence-electron chi connectivity index (χ1n) is 18.5. The van der Waals surface area contributed by atoms with Crippen LogP contribution in [0.25, 0.3) is 99.9 Å². The highest BCUT2D eigenvalue weighted by Crippen LogP contribution is 2.42. The van der Waals surface area contributed by atoms with Gasteiger partial charge >= 0.3 is 0 Å². The lowest BCUT2D eigenvalue weighted by atomic mass is 9.87. The highest BCUT2D eigenvalue weighted by molar-refractivity contribution is 6.23. The van der Waals surface area contributed by atoms with Crippen LogP contribution in [-0.2, 0) is 0 Å². The number of fused-ring (bicyclic) bond motifs is 5. The third-order valence-electron chi connectivity index (χ3n) is 10.4. The van der Waals surface area contributed by atoms with Crippen molar-refractivity contribution in [1.82, 2.24) is 19.9 Å². The van der Waals surface area contributed by atoms with E-state index in [9.17, 15) is 5.26 Å². The van der Waals surface area contributed by atoms with Crippen LogP contribution in [0.15, 0.2) is 188 Å². The number of pyridine rings is 1. The molecule has 2 aromatic heterocycles. The zero-order valence-corrected chi connectivity index (χ0v) is 30.1. The molecule has 0 saturated carbocycles. The molecule has 5 heteroatoms. The van der Waals surface area contributed by atoms with Gasteiger partial charge in [-0.1, -0.05) is 140 Å². The van der Waals surface area contributed by atoms with Crippen LogP contribution >= 0.6 is 0 Å². The SMILES string of the molecule is N#Cc1cccc(-c2cc3c4ccccc4c(-c4cncc(-c5cccc(-c6nc(-c7ccccc7)nc(-c7ccccc7)n6)c5)c4)cc3c3ccccc23)c1. The molecule has 0 atom stereocenters. The maximum Gasteiger partial charge on any atom is 0.164 e. The topological polar surface area (TPSA) is 75.3 Å². The number of hydrogen-bond acceptors (Lipinski definition) is 5. The van der Waals surface area contributed by atoms with Gasteiger partial charge in [-0.25, -0.2) is 15.0 Å². The summed E-state index contributed by atoms with van der Waals surface area (Å²) in [6, 6.07) is 62.5. The lowest BCUT2D eigenvalue weighted by Gasteiger charge is -2.16. The Morgan fingerprint density at radius 3 is 1.38 bits per heavy atom. The highest BCUT2D eigenvalue weighted by atomic mass is 15.0. The zero-order chi connectivity index (χ0) is 37.4. The Morgan fingerprint density at radius 2 is 0.768 bits per heavy atom. The zero-order valence-electron chi connectivity index (χ0n) is 30.1. The summed E-state index contributed by atoms with van der Waals surface area (Å²) in [5.41, 5.74) is 9.68. The van der Waals surface area contributed by atoms with Gasteiger partial charge in [-0.05, 0) is 91.0 Å². The van der Waals surface area contributed by atoms with Crippen LogP contribution < -0.4 is 0 Å². The molecule has 5 nitrogen and oxygen atoms in total. The molecule has 0 fully saturated rings. The Kier molecular flexibility index (Phi) is 8.13. The summed E-state index contributed by atoms with van der Waals surface area (Å²) in [6.07, 6.45) is 3.87. The van der Waals surface area contributed by atoms with Crippen molar-refractivity contribution in [1.29, 1.82) is 5.26 Å². The fraction of sp³-hybridized carbons (Fsp3) is 0. The Bertz CT molecular complexity index is 3090. The molecule has 10 aromatic rings. The molecular weight excluding hydrogens is 683 g/mol. The molecule has 56 heavy (non-hydrogen) atoms. The van der Waals surface area contributed by atoms with Crippen molar-refractivity contribution in [3.05, 3.63) is 194 Å². The lowest BCUT2D eigenvalue weighted by molar-refractivity contribution is 1.07. The van der Waals surface area contributed by atoms with Gasteiger partial charge in [-0.15, -0.1) is 0 Å². The molecule has 0 aliphatic heterocycles. The van der Waals surface area contributed by atoms with Crippen LogP contribution in [0, 0.1) is 11.3 Å². The molecule has 0 saturated heterocycles. The standard InChI is InChI=1S/C51H31N5/c52-30-33-13-11-19-37(25-33)45-28-47-44-24-10-8-22-42(44)46(29-48(47)43-23-9-7-21-41(43)45)40-27-39(31-53-32-40)36-18-12-20-38(26-36)51-55-49(34-14-3-1-4-15-34)54-50(56-51)35-16-5-2-6-17-35/h1-29,31-32H. The van der Waals surface area contributed by atoms with Gasteiger partial charge < -0.3 is 0 Å². The van der Waals surface area contributed by atoms with Crippen molar-refractivity contribution in [2.45, 2.75) is 0 Å². The van der Waals surface area contributed by atoms with E-state index in [1.165, 1.54) is 10.8 Å². The van der Waals surface area contributed by atoms with E-state index in [0.717, 1.165) is 71.6 Å². The van der Waals surface area contributed by atoms with Crippen LogP contribution in [0.5, 0.6) is 0 Å². The molecule has 260 valence electrons. The van der Waals surface area contributed by atoms with Crippen molar-refractivity contribution in [3.63, 3.8) is 0 Å². The summed E-state index contributed by atoms with van der Waals surface area (Å²) in [6.45, 7) is 0. The minimum absolute atomic E-state index is 0.606. The first-order chi connectivity index (χ1) is 27.7. The maximum absolute atomic E-state index is 9.67. The second-order valence-electron chi connectivity index (χ2n) is 13.8. The number of nitriles is 1. The Morgan fingerprint density at radius 1 is 0.321 bits per heavy atom. The van der Waals surface area contributed by atoms with Gasteiger partial charge in [0.25, 0.3) is 0 Å². The minimum Gasteiger partial charge on any atom is -0.263 e. The van der Waals surface area contributed by atoms with Crippen molar-refractivity contribution < 1.29 is 0 Å². The molecular formula is C51H31N5. The predicted octanol–water partition coefficient (Wildman–Crippen LogP) is 12.6. The van der Waals surface area contributed by atoms with Crippen LogP contribution in [0.2, 0.25) is 0 Å². The van der Waals surface area contributed by atoms with Crippen molar-refractivity contribution in [2.24, 2.45) is 0 Å². The summed E-state index contributed by atoms with van der Waals surface area (Å²) >= 11 is 0. The second kappa shape index (κ2) is 13.9. The molecule has 0 radical (unpaired) electrons. The molecule has 0 bridgehead atoms. The number of rotatable bonds is 6. The summed E-state index contributed by atoms with van der Waals surface area (Å²) < 4.78 is 0. The van der Waals surface area contributed by atoms with Crippen LogP contribution in [0.1, 0.15) is 5.56 Å². The molecule has 0 amide bonds. The van der Waals surface area contributed by atoms with E-state index in [-0.39, 0.29) is 0 Å². The van der Waals surface area contributed by atoms with E-state index < -0.39 is 0 Å². The quantitative estimate of drug-likeness (QED) is 0.160. The van der Waals surface area contributed by atoms with Crippen molar-refractivity contribution in [2.75, 3.05) is 0 Å². The average Bonchev–Trinajstić information content (AvgIpc) is 3.29. The summed E-state index contributed by atoms with van der Waals surface area (Å²) in [4.78, 5) is 19.6. The average molecular weight is 714 g/mol. The van der Waals surface area contributed by atoms with Crippen LogP contribution in [0.3, 0.4) is 0 Å². The lowest BCUT2D eigenvalue weighted by Crippen LogP contribution is -2.00. The first kappa shape index (κ1) is 32.8. The smallest absolute Gasteiger partial charge is 0.164 e. The molecule has 8 aromatic carbocycles. The second-order valence-corrected chi connectivity index (χ2v) is 13.8. The van der Waals surface area contributed by atoms with Gasteiger partial charge in [-0.3, -0.25) is 4.98 Å². The number of hydrogen-bond donors (Lipinski definition) is 0. The fourth-order valence-electron chi connectivity index (χ4n) is 7.71.